The molecule has 1 saturated heterocycles. The number of hydrogen-bond acceptors (Lipinski definition) is 4. The SMILES string of the molecule is COCCOCCCN1CCCCCC1C(=O)O. The van der Waals surface area contributed by atoms with Crippen LogP contribution < -0.4 is 0 Å². The van der Waals surface area contributed by atoms with Crippen molar-refractivity contribution in [2.45, 2.75) is 38.1 Å². The molecule has 0 saturated carbocycles. The van der Waals surface area contributed by atoms with Gasteiger partial charge in [0.25, 0.3) is 0 Å². The summed E-state index contributed by atoms with van der Waals surface area (Å²) >= 11 is 0. The van der Waals surface area contributed by atoms with E-state index < -0.39 is 5.97 Å². The van der Waals surface area contributed by atoms with Crippen molar-refractivity contribution >= 4 is 5.97 Å². The zero-order valence-corrected chi connectivity index (χ0v) is 11.3. The van der Waals surface area contributed by atoms with Gasteiger partial charge in [-0.05, 0) is 25.8 Å². The summed E-state index contributed by atoms with van der Waals surface area (Å²) in [5.74, 6) is -0.683. The molecule has 1 heterocycles. The summed E-state index contributed by atoms with van der Waals surface area (Å²) in [6, 6.07) is -0.300. The molecule has 0 aliphatic carbocycles. The number of likely N-dealkylation sites (tertiary alicyclic amines) is 1. The number of methoxy groups -OCH3 is 1. The Morgan fingerprint density at radius 2 is 2.11 bits per heavy atom. The highest BCUT2D eigenvalue weighted by Gasteiger charge is 2.26. The number of aliphatic carboxylic acids is 1. The normalized spacial score (nSPS) is 21.7. The molecule has 0 bridgehead atoms. The zero-order chi connectivity index (χ0) is 13.2. The van der Waals surface area contributed by atoms with Crippen molar-refractivity contribution in [1.29, 1.82) is 0 Å². The average molecular weight is 259 g/mol. The van der Waals surface area contributed by atoms with E-state index in [0.717, 1.165) is 45.2 Å². The maximum Gasteiger partial charge on any atom is 0.320 e. The van der Waals surface area contributed by atoms with Gasteiger partial charge in [0.05, 0.1) is 13.2 Å². The molecule has 1 aliphatic heterocycles. The van der Waals surface area contributed by atoms with Crippen LogP contribution in [0, 0.1) is 0 Å². The van der Waals surface area contributed by atoms with Gasteiger partial charge in [-0.1, -0.05) is 12.8 Å². The Morgan fingerprint density at radius 3 is 2.83 bits per heavy atom. The first-order chi connectivity index (χ1) is 8.75. The lowest BCUT2D eigenvalue weighted by atomic mass is 10.1. The van der Waals surface area contributed by atoms with Crippen molar-refractivity contribution in [2.24, 2.45) is 0 Å². The topological polar surface area (TPSA) is 59.0 Å². The minimum absolute atomic E-state index is 0.300. The van der Waals surface area contributed by atoms with Gasteiger partial charge >= 0.3 is 5.97 Å². The van der Waals surface area contributed by atoms with Crippen molar-refractivity contribution < 1.29 is 19.4 Å². The van der Waals surface area contributed by atoms with E-state index in [4.69, 9.17) is 9.47 Å². The summed E-state index contributed by atoms with van der Waals surface area (Å²) in [5, 5.41) is 9.22. The van der Waals surface area contributed by atoms with E-state index >= 15 is 0 Å². The van der Waals surface area contributed by atoms with Gasteiger partial charge in [-0.25, -0.2) is 0 Å². The van der Waals surface area contributed by atoms with Crippen molar-refractivity contribution in [3.8, 4) is 0 Å². The molecule has 0 aromatic carbocycles. The lowest BCUT2D eigenvalue weighted by Crippen LogP contribution is -2.41. The summed E-state index contributed by atoms with van der Waals surface area (Å²) in [6.07, 6.45) is 4.93. The van der Waals surface area contributed by atoms with Crippen LogP contribution in [0.3, 0.4) is 0 Å². The highest BCUT2D eigenvalue weighted by Crippen LogP contribution is 2.17. The molecular formula is C13H25NO4. The lowest BCUT2D eigenvalue weighted by molar-refractivity contribution is -0.143. The van der Waals surface area contributed by atoms with Crippen LogP contribution in [-0.2, 0) is 14.3 Å². The second-order valence-corrected chi connectivity index (χ2v) is 4.70. The third-order valence-electron chi connectivity index (χ3n) is 3.31. The van der Waals surface area contributed by atoms with Crippen LogP contribution in [0.15, 0.2) is 0 Å². The predicted molar refractivity (Wildman–Crippen MR) is 68.8 cm³/mol. The Kier molecular flexibility index (Phi) is 7.96. The van der Waals surface area contributed by atoms with Gasteiger partial charge in [0.1, 0.15) is 6.04 Å². The maximum absolute atomic E-state index is 11.2. The van der Waals surface area contributed by atoms with Crippen LogP contribution in [-0.4, -0.2) is 62.0 Å². The second kappa shape index (κ2) is 9.30. The molecule has 0 aromatic rings. The standard InChI is InChI=1S/C13H25NO4/c1-17-10-11-18-9-5-8-14-7-4-2-3-6-12(14)13(15)16/h12H,2-11H2,1H3,(H,15,16). The Labute approximate surface area is 109 Å². The summed E-state index contributed by atoms with van der Waals surface area (Å²) < 4.78 is 10.3. The predicted octanol–water partition coefficient (Wildman–Crippen LogP) is 1.37. The number of nitrogens with zero attached hydrogens (tertiary/aromatic N) is 1. The van der Waals surface area contributed by atoms with E-state index in [2.05, 4.69) is 4.90 Å². The summed E-state index contributed by atoms with van der Waals surface area (Å²) in [5.41, 5.74) is 0. The molecule has 5 nitrogen and oxygen atoms in total. The third-order valence-corrected chi connectivity index (χ3v) is 3.31. The first kappa shape index (κ1) is 15.4. The largest absolute Gasteiger partial charge is 0.480 e. The Bertz CT molecular complexity index is 235. The highest BCUT2D eigenvalue weighted by molar-refractivity contribution is 5.73. The van der Waals surface area contributed by atoms with Crippen LogP contribution >= 0.6 is 0 Å². The van der Waals surface area contributed by atoms with Crippen LogP contribution in [0.2, 0.25) is 0 Å². The fourth-order valence-electron chi connectivity index (χ4n) is 2.33. The van der Waals surface area contributed by atoms with Crippen LogP contribution in [0.4, 0.5) is 0 Å². The summed E-state index contributed by atoms with van der Waals surface area (Å²) in [7, 11) is 1.65. The Hall–Kier alpha value is -0.650. The van der Waals surface area contributed by atoms with E-state index in [1.54, 1.807) is 7.11 Å². The van der Waals surface area contributed by atoms with E-state index in [0.29, 0.717) is 19.8 Å². The first-order valence-electron chi connectivity index (χ1n) is 6.79. The molecule has 5 heteroatoms. The van der Waals surface area contributed by atoms with Crippen molar-refractivity contribution in [3.63, 3.8) is 0 Å². The molecule has 1 atom stereocenters. The smallest absolute Gasteiger partial charge is 0.320 e. The van der Waals surface area contributed by atoms with Crippen LogP contribution in [0.25, 0.3) is 0 Å². The van der Waals surface area contributed by atoms with Gasteiger partial charge in [-0.2, -0.15) is 0 Å². The molecule has 106 valence electrons. The fourth-order valence-corrected chi connectivity index (χ4v) is 2.33. The maximum atomic E-state index is 11.2. The Balaban J connectivity index is 2.22. The minimum Gasteiger partial charge on any atom is -0.480 e. The second-order valence-electron chi connectivity index (χ2n) is 4.70. The average Bonchev–Trinajstić information content (AvgIpc) is 2.59. The van der Waals surface area contributed by atoms with Gasteiger partial charge < -0.3 is 14.6 Å². The van der Waals surface area contributed by atoms with Gasteiger partial charge in [-0.15, -0.1) is 0 Å². The Morgan fingerprint density at radius 1 is 1.28 bits per heavy atom. The molecule has 1 fully saturated rings. The number of carboxylic acids is 1. The minimum atomic E-state index is -0.683. The van der Waals surface area contributed by atoms with Crippen molar-refractivity contribution in [1.82, 2.24) is 4.90 Å². The van der Waals surface area contributed by atoms with Crippen molar-refractivity contribution in [3.05, 3.63) is 0 Å². The summed E-state index contributed by atoms with van der Waals surface area (Å²) in [4.78, 5) is 13.3. The number of hydrogen-bond donors (Lipinski definition) is 1. The number of carboxylic acid groups (broad SMARTS) is 1. The molecule has 1 rings (SSSR count). The van der Waals surface area contributed by atoms with Gasteiger partial charge in [0.2, 0.25) is 0 Å². The quantitative estimate of drug-likeness (QED) is 0.667. The van der Waals surface area contributed by atoms with E-state index in [1.807, 2.05) is 0 Å². The van der Waals surface area contributed by atoms with Gasteiger partial charge in [-0.3, -0.25) is 9.69 Å². The monoisotopic (exact) mass is 259 g/mol. The van der Waals surface area contributed by atoms with E-state index in [-0.39, 0.29) is 6.04 Å². The van der Waals surface area contributed by atoms with Crippen LogP contribution in [0.5, 0.6) is 0 Å². The molecule has 0 aromatic heterocycles. The number of carbonyl (C=O) groups is 1. The number of rotatable bonds is 8. The van der Waals surface area contributed by atoms with Crippen LogP contribution in [0.1, 0.15) is 32.1 Å². The van der Waals surface area contributed by atoms with Gasteiger partial charge in [0.15, 0.2) is 0 Å². The molecular weight excluding hydrogens is 234 g/mol. The number of ether oxygens (including phenoxy) is 2. The van der Waals surface area contributed by atoms with E-state index in [1.165, 1.54) is 0 Å². The van der Waals surface area contributed by atoms with Crippen molar-refractivity contribution in [2.75, 3.05) is 40.0 Å². The van der Waals surface area contributed by atoms with Gasteiger partial charge in [0, 0.05) is 20.3 Å². The van der Waals surface area contributed by atoms with E-state index in [9.17, 15) is 9.90 Å². The molecule has 1 unspecified atom stereocenters. The molecule has 0 radical (unpaired) electrons. The molecule has 1 aliphatic rings. The fraction of sp³-hybridized carbons (Fsp3) is 0.923. The highest BCUT2D eigenvalue weighted by atomic mass is 16.5. The lowest BCUT2D eigenvalue weighted by Gasteiger charge is -2.26. The third kappa shape index (κ3) is 5.80. The first-order valence-corrected chi connectivity index (χ1v) is 6.79. The zero-order valence-electron chi connectivity index (χ0n) is 11.3. The molecule has 1 N–H and O–H groups in total. The molecule has 0 spiro atoms. The summed E-state index contributed by atoms with van der Waals surface area (Å²) in [6.45, 7) is 3.60. The molecule has 18 heavy (non-hydrogen) atoms. The molecule has 0 amide bonds.